The fourth-order valence-electron chi connectivity index (χ4n) is 4.14. The maximum Gasteiger partial charge on any atom is 0.433 e. The first kappa shape index (κ1) is 41.8. The standard InChI is InChI=1S/C28H25N7O14S5/c1-30-35(2)11-14-52(38,39)21-9-5-19(6-10-21)32-34-27-23(53(40,41)42)16-17-15-22(51-48-47-37)26(25(29)24(17)28(27)36)33-31-18-3-7-20(8-4-18)50-13-12-46-49-54(43,44)45/h3-10,15-16,36-37H,1,11,14,29H2,2H3,(H,40,41,42)(H,43,44,45). The molecule has 54 heavy (non-hydrogen) atoms. The zero-order valence-electron chi connectivity index (χ0n) is 27.1. The Labute approximate surface area is 315 Å². The lowest BCUT2D eigenvalue weighted by atomic mass is 10.1. The first-order chi connectivity index (χ1) is 25.4. The van der Waals surface area contributed by atoms with Crippen molar-refractivity contribution >= 4 is 100 Å². The van der Waals surface area contributed by atoms with Crippen LogP contribution in [0.3, 0.4) is 0 Å². The minimum absolute atomic E-state index is 0.00938. The molecule has 26 heteroatoms. The zero-order chi connectivity index (χ0) is 39.7. The number of anilines is 1. The summed E-state index contributed by atoms with van der Waals surface area (Å²) in [6, 6.07) is 13.3. The van der Waals surface area contributed by atoms with Crippen LogP contribution in [0.5, 0.6) is 5.75 Å². The zero-order valence-corrected chi connectivity index (χ0v) is 31.2. The number of fused-ring (bicyclic) bond motifs is 1. The minimum Gasteiger partial charge on any atom is -0.505 e. The largest absolute Gasteiger partial charge is 0.505 e. The van der Waals surface area contributed by atoms with Crippen molar-refractivity contribution in [2.24, 2.45) is 25.6 Å². The van der Waals surface area contributed by atoms with Gasteiger partial charge in [0, 0.05) is 30.5 Å². The normalized spacial score (nSPS) is 12.2. The molecule has 0 heterocycles. The minimum atomic E-state index is -5.06. The third kappa shape index (κ3) is 11.3. The highest BCUT2D eigenvalue weighted by Crippen LogP contribution is 2.49. The van der Waals surface area contributed by atoms with Crippen LogP contribution in [0.25, 0.3) is 10.8 Å². The Morgan fingerprint density at radius 3 is 2.09 bits per heavy atom. The second-order valence-electron chi connectivity index (χ2n) is 10.1. The average Bonchev–Trinajstić information content (AvgIpc) is 3.11. The van der Waals surface area contributed by atoms with E-state index < -0.39 is 46.7 Å². The number of azo groups is 2. The van der Waals surface area contributed by atoms with Crippen LogP contribution in [0.2, 0.25) is 0 Å². The summed E-state index contributed by atoms with van der Waals surface area (Å²) in [5, 5.41) is 46.8. The van der Waals surface area contributed by atoms with Crippen LogP contribution < -0.4 is 5.73 Å². The topological polar surface area (TPSA) is 311 Å². The van der Waals surface area contributed by atoms with E-state index in [2.05, 4.69) is 56.1 Å². The number of thioether (sulfide) groups is 1. The Morgan fingerprint density at radius 2 is 1.52 bits per heavy atom. The second-order valence-corrected chi connectivity index (χ2v) is 16.2. The van der Waals surface area contributed by atoms with E-state index in [9.17, 15) is 34.9 Å². The van der Waals surface area contributed by atoms with Crippen LogP contribution in [0.15, 0.2) is 106 Å². The van der Waals surface area contributed by atoms with Gasteiger partial charge in [-0.3, -0.25) is 19.0 Å². The number of hydrogen-bond donors (Lipinski definition) is 5. The predicted molar refractivity (Wildman–Crippen MR) is 193 cm³/mol. The van der Waals surface area contributed by atoms with Crippen molar-refractivity contribution in [1.82, 2.24) is 5.01 Å². The molecule has 0 spiro atoms. The number of phenolic OH excluding ortho intramolecular Hbond substituents is 1. The first-order valence-corrected chi connectivity index (χ1v) is 20.1. The molecule has 0 bridgehead atoms. The van der Waals surface area contributed by atoms with Crippen LogP contribution in [-0.2, 0) is 48.9 Å². The molecule has 0 atom stereocenters. The van der Waals surface area contributed by atoms with E-state index in [0.717, 1.165) is 17.8 Å². The van der Waals surface area contributed by atoms with Gasteiger partial charge in [0.2, 0.25) is 0 Å². The molecule has 0 saturated carbocycles. The molecule has 0 radical (unpaired) electrons. The molecule has 286 valence electrons. The summed E-state index contributed by atoms with van der Waals surface area (Å²) in [4.78, 5) is 3.64. The molecule has 4 aromatic carbocycles. The lowest BCUT2D eigenvalue weighted by Gasteiger charge is -2.14. The highest BCUT2D eigenvalue weighted by molar-refractivity contribution is 8.04. The molecule has 0 saturated heterocycles. The number of sulfone groups is 1. The number of benzene rings is 4. The maximum absolute atomic E-state index is 12.7. The quantitative estimate of drug-likeness (QED) is 0.0104. The number of rotatable bonds is 16. The number of nitrogen functional groups attached to an aromatic ring is 1. The Balaban J connectivity index is 1.71. The van der Waals surface area contributed by atoms with Crippen LogP contribution in [0.4, 0.5) is 28.4 Å². The van der Waals surface area contributed by atoms with Gasteiger partial charge < -0.3 is 10.8 Å². The third-order valence-corrected chi connectivity index (χ3v) is 10.7. The highest BCUT2D eigenvalue weighted by Gasteiger charge is 2.26. The molecule has 0 fully saturated rings. The van der Waals surface area contributed by atoms with E-state index in [0.29, 0.717) is 16.9 Å². The molecule has 0 aliphatic heterocycles. The Morgan fingerprint density at radius 1 is 0.907 bits per heavy atom. The Bertz CT molecular complexity index is 2490. The van der Waals surface area contributed by atoms with Crippen LogP contribution in [0, 0.1) is 11.4 Å². The number of hydrogen-bond acceptors (Lipinski definition) is 21. The summed E-state index contributed by atoms with van der Waals surface area (Å²) in [7, 11) is -12.0. The van der Waals surface area contributed by atoms with E-state index in [1.54, 1.807) is 19.2 Å². The fraction of sp³-hybridized carbons (Fsp3) is 0.107. The Hall–Kier alpha value is -4.92. The Kier molecular flexibility index (Phi) is 13.9. The molecular weight excluding hydrogens is 819 g/mol. The third-order valence-electron chi connectivity index (χ3n) is 6.61. The molecule has 21 nitrogen and oxygen atoms in total. The summed E-state index contributed by atoms with van der Waals surface area (Å²) in [6.07, 6.45) is 1.89. The number of nitrogens with zero attached hydrogens (tertiary/aromatic N) is 6. The van der Waals surface area contributed by atoms with Crippen LogP contribution in [-0.4, -0.2) is 75.8 Å². The molecule has 4 aromatic rings. The van der Waals surface area contributed by atoms with Crippen LogP contribution in [0.1, 0.15) is 0 Å². The SMILES string of the molecule is C=NN(C)CCS(=O)(=O)c1ccc(N=Nc2c(S(=O)(=O)O)cc3cc(SOOO)c(N=Nc4ccc(SC#COOS(=O)(=O)O)cc4)c(N)c3c2O)cc1. The fourth-order valence-corrected chi connectivity index (χ4v) is 7.18. The number of hydrazone groups is 1. The summed E-state index contributed by atoms with van der Waals surface area (Å²) in [5.41, 5.74) is 5.53. The molecule has 0 aliphatic rings. The van der Waals surface area contributed by atoms with Crippen molar-refractivity contribution in [1.29, 1.82) is 0 Å². The smallest absolute Gasteiger partial charge is 0.433 e. The molecule has 0 aliphatic carbocycles. The van der Waals surface area contributed by atoms with Crippen molar-refractivity contribution in [2.75, 3.05) is 25.1 Å². The number of nitrogens with two attached hydrogens (primary N) is 1. The van der Waals surface area contributed by atoms with Gasteiger partial charge in [-0.25, -0.2) is 13.7 Å². The van der Waals surface area contributed by atoms with E-state index in [1.807, 2.05) is 6.11 Å². The summed E-state index contributed by atoms with van der Waals surface area (Å²) >= 11 is 1.27. The molecule has 6 N–H and O–H groups in total. The molecule has 4 rings (SSSR count). The lowest BCUT2D eigenvalue weighted by Crippen LogP contribution is -2.21. The van der Waals surface area contributed by atoms with Crippen molar-refractivity contribution in [2.45, 2.75) is 19.6 Å². The van der Waals surface area contributed by atoms with Crippen molar-refractivity contribution in [3.63, 3.8) is 0 Å². The first-order valence-electron chi connectivity index (χ1n) is 14.1. The van der Waals surface area contributed by atoms with E-state index in [1.165, 1.54) is 47.5 Å². The molecule has 0 amide bonds. The van der Waals surface area contributed by atoms with Gasteiger partial charge in [-0.05, 0) is 82.1 Å². The van der Waals surface area contributed by atoms with Gasteiger partial charge in [0.1, 0.15) is 16.3 Å². The molecule has 0 aromatic heterocycles. The second kappa shape index (κ2) is 17.9. The van der Waals surface area contributed by atoms with E-state index in [-0.39, 0.29) is 55.6 Å². The summed E-state index contributed by atoms with van der Waals surface area (Å²) in [5.74, 6) is -1.10. The van der Waals surface area contributed by atoms with Gasteiger partial charge in [-0.1, -0.05) is 5.04 Å². The van der Waals surface area contributed by atoms with Crippen molar-refractivity contribution in [3.05, 3.63) is 60.7 Å². The van der Waals surface area contributed by atoms with Gasteiger partial charge in [0.05, 0.1) is 50.0 Å². The van der Waals surface area contributed by atoms with Crippen molar-refractivity contribution < 1.29 is 63.3 Å². The lowest BCUT2D eigenvalue weighted by molar-refractivity contribution is -0.432. The van der Waals surface area contributed by atoms with Gasteiger partial charge in [0.25, 0.3) is 10.1 Å². The van der Waals surface area contributed by atoms with Gasteiger partial charge in [-0.15, -0.1) is 14.6 Å². The molecule has 0 unspecified atom stereocenters. The van der Waals surface area contributed by atoms with E-state index >= 15 is 0 Å². The van der Waals surface area contributed by atoms with Gasteiger partial charge in [-0.2, -0.15) is 32.2 Å². The number of aromatic hydroxyl groups is 1. The molecular formula is C28H25N7O14S5. The summed E-state index contributed by atoms with van der Waals surface area (Å²) in [6.45, 7) is 3.41. The summed E-state index contributed by atoms with van der Waals surface area (Å²) < 4.78 is 97.7. The van der Waals surface area contributed by atoms with Crippen LogP contribution >= 0.6 is 23.8 Å². The monoisotopic (exact) mass is 843 g/mol. The van der Waals surface area contributed by atoms with Gasteiger partial charge >= 0.3 is 10.4 Å². The van der Waals surface area contributed by atoms with Gasteiger partial charge in [0.15, 0.2) is 21.7 Å². The van der Waals surface area contributed by atoms with Crippen molar-refractivity contribution in [3.8, 4) is 17.1 Å². The predicted octanol–water partition coefficient (Wildman–Crippen LogP) is 5.72. The number of phenols is 1. The highest BCUT2D eigenvalue weighted by atomic mass is 32.3. The average molecular weight is 844 g/mol. The maximum atomic E-state index is 12.7. The van der Waals surface area contributed by atoms with E-state index in [4.69, 9.17) is 15.5 Å².